The number of benzene rings is 1. The van der Waals surface area contributed by atoms with Crippen LogP contribution in [0, 0.1) is 11.3 Å². The van der Waals surface area contributed by atoms with E-state index < -0.39 is 0 Å². The quantitative estimate of drug-likeness (QED) is 0.591. The molecule has 1 amide bonds. The van der Waals surface area contributed by atoms with E-state index in [1.165, 1.54) is 10.4 Å². The summed E-state index contributed by atoms with van der Waals surface area (Å²) in [4.78, 5) is 40.1. The minimum atomic E-state index is -0.00923. The van der Waals surface area contributed by atoms with E-state index in [2.05, 4.69) is 30.7 Å². The predicted octanol–water partition coefficient (Wildman–Crippen LogP) is 4.10. The SMILES string of the molecule is COc1ccc(C(=O)N2CCN(Cc3nc4sc5c(c4c(=O)[nH]3)CC[C@H](C(C)(C)C)C5)CC2)cc1. The Hall–Kier alpha value is -2.71. The fourth-order valence-electron chi connectivity index (χ4n) is 5.28. The van der Waals surface area contributed by atoms with Crippen LogP contribution in [0.1, 0.15) is 53.8 Å². The first-order chi connectivity index (χ1) is 16.7. The van der Waals surface area contributed by atoms with E-state index in [0.717, 1.165) is 48.3 Å². The summed E-state index contributed by atoms with van der Waals surface area (Å²) >= 11 is 1.70. The number of rotatable bonds is 4. The van der Waals surface area contributed by atoms with E-state index in [-0.39, 0.29) is 16.9 Å². The van der Waals surface area contributed by atoms with Crippen LogP contribution in [0.3, 0.4) is 0 Å². The van der Waals surface area contributed by atoms with E-state index in [4.69, 9.17) is 9.72 Å². The molecule has 3 heterocycles. The lowest BCUT2D eigenvalue weighted by molar-refractivity contribution is 0.0625. The first-order valence-electron chi connectivity index (χ1n) is 12.4. The number of piperazine rings is 1. The van der Waals surface area contributed by atoms with Crippen molar-refractivity contribution in [1.29, 1.82) is 0 Å². The van der Waals surface area contributed by atoms with Gasteiger partial charge in [0, 0.05) is 36.6 Å². The molecule has 1 N–H and O–H groups in total. The zero-order valence-electron chi connectivity index (χ0n) is 21.0. The van der Waals surface area contributed by atoms with Gasteiger partial charge < -0.3 is 14.6 Å². The minimum absolute atomic E-state index is 0.00923. The highest BCUT2D eigenvalue weighted by Crippen LogP contribution is 2.42. The lowest BCUT2D eigenvalue weighted by Crippen LogP contribution is -2.48. The molecule has 3 aromatic rings. The van der Waals surface area contributed by atoms with Gasteiger partial charge in [-0.15, -0.1) is 11.3 Å². The van der Waals surface area contributed by atoms with Crippen molar-refractivity contribution in [2.24, 2.45) is 11.3 Å². The molecule has 1 atom stereocenters. The van der Waals surface area contributed by atoms with Crippen molar-refractivity contribution in [2.45, 2.75) is 46.6 Å². The summed E-state index contributed by atoms with van der Waals surface area (Å²) in [5.74, 6) is 2.13. The zero-order chi connectivity index (χ0) is 24.7. The van der Waals surface area contributed by atoms with Crippen molar-refractivity contribution in [3.63, 3.8) is 0 Å². The molecule has 0 unspecified atom stereocenters. The standard InChI is InChI=1S/C27H34N4O3S/c1-27(2,3)18-7-10-20-21(15-18)35-25-23(20)24(32)28-22(29-25)16-30-11-13-31(14-12-30)26(33)17-5-8-19(34-4)9-6-17/h5-6,8-9,18H,7,10-16H2,1-4H3,(H,28,29,32)/t18-/m0/s1. The lowest BCUT2D eigenvalue weighted by atomic mass is 9.72. The molecule has 1 fully saturated rings. The Morgan fingerprint density at radius 3 is 2.54 bits per heavy atom. The first-order valence-corrected chi connectivity index (χ1v) is 13.2. The molecule has 0 bridgehead atoms. The maximum atomic E-state index is 13.0. The number of nitrogens with one attached hydrogen (secondary N) is 1. The van der Waals surface area contributed by atoms with Gasteiger partial charge in [-0.05, 0) is 60.4 Å². The zero-order valence-corrected chi connectivity index (χ0v) is 21.8. The van der Waals surface area contributed by atoms with Gasteiger partial charge in [-0.2, -0.15) is 0 Å². The average molecular weight is 495 g/mol. The molecule has 0 spiro atoms. The Kier molecular flexibility index (Phi) is 6.44. The third kappa shape index (κ3) is 4.86. The van der Waals surface area contributed by atoms with Gasteiger partial charge in [-0.3, -0.25) is 14.5 Å². The molecule has 35 heavy (non-hydrogen) atoms. The molecule has 0 radical (unpaired) electrons. The number of nitrogens with zero attached hydrogens (tertiary/aromatic N) is 3. The fraction of sp³-hybridized carbons (Fsp3) is 0.519. The molecular weight excluding hydrogens is 460 g/mol. The molecule has 1 aromatic carbocycles. The molecule has 1 saturated heterocycles. The van der Waals surface area contributed by atoms with Crippen molar-refractivity contribution < 1.29 is 9.53 Å². The number of carbonyl (C=O) groups excluding carboxylic acids is 1. The molecule has 8 heteroatoms. The molecule has 1 aliphatic heterocycles. The number of thiophene rings is 1. The van der Waals surface area contributed by atoms with E-state index in [1.54, 1.807) is 18.4 Å². The second-order valence-electron chi connectivity index (χ2n) is 10.8. The number of aromatic amines is 1. The number of fused-ring (bicyclic) bond motifs is 3. The maximum absolute atomic E-state index is 13.0. The minimum Gasteiger partial charge on any atom is -0.497 e. The second-order valence-corrected chi connectivity index (χ2v) is 11.9. The van der Waals surface area contributed by atoms with Gasteiger partial charge in [0.15, 0.2) is 0 Å². The topological polar surface area (TPSA) is 78.5 Å². The van der Waals surface area contributed by atoms with Gasteiger partial charge >= 0.3 is 0 Å². The van der Waals surface area contributed by atoms with Gasteiger partial charge in [0.1, 0.15) is 16.4 Å². The Morgan fingerprint density at radius 1 is 1.17 bits per heavy atom. The van der Waals surface area contributed by atoms with Gasteiger partial charge in [0.2, 0.25) is 0 Å². The summed E-state index contributed by atoms with van der Waals surface area (Å²) in [6, 6.07) is 7.24. The summed E-state index contributed by atoms with van der Waals surface area (Å²) in [5.41, 5.74) is 2.16. The predicted molar refractivity (Wildman–Crippen MR) is 139 cm³/mol. The summed E-state index contributed by atoms with van der Waals surface area (Å²) in [6.45, 7) is 10.3. The summed E-state index contributed by atoms with van der Waals surface area (Å²) in [7, 11) is 1.62. The normalized spacial score (nSPS) is 19.1. The van der Waals surface area contributed by atoms with Crippen LogP contribution in [0.4, 0.5) is 0 Å². The lowest BCUT2D eigenvalue weighted by Gasteiger charge is -2.34. The number of H-pyrrole nitrogens is 1. The van der Waals surface area contributed by atoms with E-state index in [9.17, 15) is 9.59 Å². The highest BCUT2D eigenvalue weighted by atomic mass is 32.1. The van der Waals surface area contributed by atoms with E-state index in [0.29, 0.717) is 36.9 Å². The Labute approximate surface area is 210 Å². The molecule has 186 valence electrons. The van der Waals surface area contributed by atoms with Crippen LogP contribution in [0.5, 0.6) is 5.75 Å². The number of aryl methyl sites for hydroxylation is 1. The molecule has 7 nitrogen and oxygen atoms in total. The molecule has 2 aromatic heterocycles. The van der Waals surface area contributed by atoms with Crippen molar-refractivity contribution >= 4 is 27.5 Å². The number of ether oxygens (including phenoxy) is 1. The van der Waals surface area contributed by atoms with E-state index in [1.807, 2.05) is 29.2 Å². The van der Waals surface area contributed by atoms with Crippen LogP contribution < -0.4 is 10.3 Å². The first kappa shape index (κ1) is 24.0. The van der Waals surface area contributed by atoms with Gasteiger partial charge in [-0.25, -0.2) is 4.98 Å². The summed E-state index contributed by atoms with van der Waals surface area (Å²) in [6.07, 6.45) is 3.13. The second kappa shape index (κ2) is 9.39. The van der Waals surface area contributed by atoms with Crippen LogP contribution in [-0.2, 0) is 19.4 Å². The Morgan fingerprint density at radius 2 is 1.89 bits per heavy atom. The van der Waals surface area contributed by atoms with Crippen molar-refractivity contribution in [3.05, 3.63) is 56.4 Å². The molecule has 2 aliphatic rings. The molecule has 5 rings (SSSR count). The monoisotopic (exact) mass is 494 g/mol. The molecule has 1 aliphatic carbocycles. The number of hydrogen-bond acceptors (Lipinski definition) is 6. The van der Waals surface area contributed by atoms with Crippen LogP contribution in [0.25, 0.3) is 10.2 Å². The highest BCUT2D eigenvalue weighted by molar-refractivity contribution is 7.18. The summed E-state index contributed by atoms with van der Waals surface area (Å²) < 4.78 is 5.18. The fourth-order valence-corrected chi connectivity index (χ4v) is 6.60. The van der Waals surface area contributed by atoms with Gasteiger partial charge in [0.05, 0.1) is 19.0 Å². The number of carbonyl (C=O) groups is 1. The third-order valence-corrected chi connectivity index (χ3v) is 8.71. The number of methoxy groups -OCH3 is 1. The Balaban J connectivity index is 1.25. The van der Waals surface area contributed by atoms with Crippen molar-refractivity contribution in [1.82, 2.24) is 19.8 Å². The van der Waals surface area contributed by atoms with Crippen LogP contribution in [0.2, 0.25) is 0 Å². The highest BCUT2D eigenvalue weighted by Gasteiger charge is 2.32. The Bertz CT molecular complexity index is 1280. The molecular formula is C27H34N4O3S. The van der Waals surface area contributed by atoms with E-state index >= 15 is 0 Å². The van der Waals surface area contributed by atoms with Crippen molar-refractivity contribution in [2.75, 3.05) is 33.3 Å². The number of aromatic nitrogens is 2. The smallest absolute Gasteiger partial charge is 0.259 e. The average Bonchev–Trinajstić information content (AvgIpc) is 3.21. The summed E-state index contributed by atoms with van der Waals surface area (Å²) in [5, 5.41) is 0.802. The third-order valence-electron chi connectivity index (χ3n) is 7.56. The largest absolute Gasteiger partial charge is 0.497 e. The molecule has 0 saturated carbocycles. The van der Waals surface area contributed by atoms with Crippen LogP contribution in [0.15, 0.2) is 29.1 Å². The maximum Gasteiger partial charge on any atom is 0.259 e. The van der Waals surface area contributed by atoms with Gasteiger partial charge in [0.25, 0.3) is 11.5 Å². The van der Waals surface area contributed by atoms with Gasteiger partial charge in [-0.1, -0.05) is 20.8 Å². The van der Waals surface area contributed by atoms with Crippen LogP contribution in [-0.4, -0.2) is 59.0 Å². The number of amides is 1. The van der Waals surface area contributed by atoms with Crippen LogP contribution >= 0.6 is 11.3 Å². The van der Waals surface area contributed by atoms with Crippen molar-refractivity contribution in [3.8, 4) is 5.75 Å². The number of hydrogen-bond donors (Lipinski definition) is 1.